The lowest BCUT2D eigenvalue weighted by Crippen LogP contribution is -2.37. The molecule has 1 aliphatic heterocycles. The topological polar surface area (TPSA) is 108 Å². The predicted molar refractivity (Wildman–Crippen MR) is 123 cm³/mol. The minimum atomic E-state index is -0.534. The number of esters is 2. The molecule has 0 aliphatic carbocycles. The lowest BCUT2D eigenvalue weighted by molar-refractivity contribution is -0.140. The number of amides is 2. The molecule has 3 rings (SSSR count). The Morgan fingerprint density at radius 1 is 0.735 bits per heavy atom. The quantitative estimate of drug-likeness (QED) is 0.227. The summed E-state index contributed by atoms with van der Waals surface area (Å²) < 4.78 is 21.7. The molecule has 0 saturated heterocycles. The van der Waals surface area contributed by atoms with E-state index in [1.54, 1.807) is 24.3 Å². The second kappa shape index (κ2) is 10.2. The van der Waals surface area contributed by atoms with Gasteiger partial charge in [0.15, 0.2) is 0 Å². The van der Waals surface area contributed by atoms with Crippen LogP contribution in [0.2, 0.25) is 0 Å². The van der Waals surface area contributed by atoms with Crippen LogP contribution in [0.3, 0.4) is 0 Å². The number of nitrogens with zero attached hydrogens (tertiary/aromatic N) is 1. The van der Waals surface area contributed by atoms with Gasteiger partial charge in [0.05, 0.1) is 5.39 Å². The van der Waals surface area contributed by atoms with E-state index in [1.165, 1.54) is 20.9 Å². The highest BCUT2D eigenvalue weighted by atomic mass is 16.6. The SMILES string of the molecule is C=C(C)C(=O)OCCOc1ccc2c3c(ccc(OCCOC(=O)C(=C)C)c13)C(=O)N(C)C2=O. The summed E-state index contributed by atoms with van der Waals surface area (Å²) in [5, 5.41) is 0.822. The molecule has 2 aromatic rings. The molecule has 178 valence electrons. The van der Waals surface area contributed by atoms with Crippen molar-refractivity contribution in [2.45, 2.75) is 13.8 Å². The van der Waals surface area contributed by atoms with Crippen LogP contribution in [0.4, 0.5) is 0 Å². The largest absolute Gasteiger partial charge is 0.489 e. The molecule has 1 heterocycles. The van der Waals surface area contributed by atoms with E-state index in [9.17, 15) is 19.2 Å². The molecule has 9 nitrogen and oxygen atoms in total. The smallest absolute Gasteiger partial charge is 0.333 e. The van der Waals surface area contributed by atoms with E-state index in [0.29, 0.717) is 33.4 Å². The molecule has 0 radical (unpaired) electrons. The van der Waals surface area contributed by atoms with E-state index in [4.69, 9.17) is 18.9 Å². The highest BCUT2D eigenvalue weighted by Crippen LogP contribution is 2.41. The summed E-state index contributed by atoms with van der Waals surface area (Å²) in [4.78, 5) is 49.7. The van der Waals surface area contributed by atoms with Crippen molar-refractivity contribution < 1.29 is 38.1 Å². The predicted octanol–water partition coefficient (Wildman–Crippen LogP) is 3.06. The molecule has 0 fully saturated rings. The maximum atomic E-state index is 12.7. The van der Waals surface area contributed by atoms with Crippen LogP contribution in [-0.2, 0) is 19.1 Å². The molecule has 0 atom stereocenters. The van der Waals surface area contributed by atoms with Crippen molar-refractivity contribution in [1.82, 2.24) is 4.90 Å². The first-order chi connectivity index (χ1) is 16.1. The van der Waals surface area contributed by atoms with E-state index in [1.807, 2.05) is 0 Å². The second-order valence-corrected chi connectivity index (χ2v) is 7.67. The fourth-order valence-corrected chi connectivity index (χ4v) is 3.30. The van der Waals surface area contributed by atoms with Crippen molar-refractivity contribution in [3.63, 3.8) is 0 Å². The maximum absolute atomic E-state index is 12.7. The van der Waals surface area contributed by atoms with E-state index in [2.05, 4.69) is 13.2 Å². The third-order valence-corrected chi connectivity index (χ3v) is 5.00. The average molecular weight is 467 g/mol. The number of carbonyl (C=O) groups excluding carboxylic acids is 4. The molecule has 0 unspecified atom stereocenters. The molecular formula is C25H25NO8. The molecule has 2 amide bonds. The zero-order chi connectivity index (χ0) is 25.0. The normalized spacial score (nSPS) is 12.4. The van der Waals surface area contributed by atoms with Gasteiger partial charge >= 0.3 is 11.9 Å². The number of hydrogen-bond acceptors (Lipinski definition) is 8. The molecule has 0 aromatic heterocycles. The molecule has 0 saturated carbocycles. The van der Waals surface area contributed by atoms with Gasteiger partial charge in [-0.1, -0.05) is 13.2 Å². The van der Waals surface area contributed by atoms with Gasteiger partial charge in [-0.15, -0.1) is 0 Å². The lowest BCUT2D eigenvalue weighted by Gasteiger charge is -2.25. The fourth-order valence-electron chi connectivity index (χ4n) is 3.30. The number of hydrogen-bond donors (Lipinski definition) is 0. The van der Waals surface area contributed by atoms with E-state index in [0.717, 1.165) is 4.90 Å². The number of carbonyl (C=O) groups is 4. The first-order valence-electron chi connectivity index (χ1n) is 10.5. The van der Waals surface area contributed by atoms with Gasteiger partial charge in [-0.3, -0.25) is 14.5 Å². The third-order valence-electron chi connectivity index (χ3n) is 5.00. The minimum absolute atomic E-state index is 0.0230. The van der Waals surface area contributed by atoms with Crippen LogP contribution >= 0.6 is 0 Å². The number of benzene rings is 2. The first kappa shape index (κ1) is 24.5. The average Bonchev–Trinajstić information content (AvgIpc) is 2.81. The van der Waals surface area contributed by atoms with Gasteiger partial charge in [0.2, 0.25) is 0 Å². The number of imide groups is 1. The van der Waals surface area contributed by atoms with E-state index < -0.39 is 23.8 Å². The van der Waals surface area contributed by atoms with Crippen LogP contribution in [0.15, 0.2) is 48.6 Å². The van der Waals surface area contributed by atoms with Crippen molar-refractivity contribution >= 4 is 34.5 Å². The van der Waals surface area contributed by atoms with Crippen LogP contribution in [0.5, 0.6) is 11.5 Å². The van der Waals surface area contributed by atoms with Crippen LogP contribution in [-0.4, -0.2) is 62.1 Å². The Balaban J connectivity index is 1.91. The molecule has 9 heteroatoms. The van der Waals surface area contributed by atoms with Crippen LogP contribution in [0.25, 0.3) is 10.8 Å². The summed E-state index contributed by atoms with van der Waals surface area (Å²) in [7, 11) is 1.42. The van der Waals surface area contributed by atoms with Crippen LogP contribution in [0.1, 0.15) is 34.6 Å². The summed E-state index contributed by atoms with van der Waals surface area (Å²) >= 11 is 0. The standard InChI is InChI=1S/C25H25NO8/c1-14(2)24(29)33-12-10-31-18-8-6-16-20-17(23(28)26(5)22(16)27)7-9-19(21(18)20)32-11-13-34-25(30)15(3)4/h6-9H,1,3,10-13H2,2,4-5H3. The van der Waals surface area contributed by atoms with Gasteiger partial charge in [-0.05, 0) is 38.1 Å². The second-order valence-electron chi connectivity index (χ2n) is 7.67. The monoisotopic (exact) mass is 467 g/mol. The minimum Gasteiger partial charge on any atom is -0.489 e. The molecule has 0 spiro atoms. The molecule has 0 bridgehead atoms. The van der Waals surface area contributed by atoms with Crippen LogP contribution < -0.4 is 9.47 Å². The van der Waals surface area contributed by atoms with Crippen molar-refractivity contribution in [3.8, 4) is 11.5 Å². The Morgan fingerprint density at radius 3 is 1.53 bits per heavy atom. The first-order valence-corrected chi connectivity index (χ1v) is 10.5. The Hall–Kier alpha value is -4.14. The Morgan fingerprint density at radius 2 is 1.15 bits per heavy atom. The summed E-state index contributed by atoms with van der Waals surface area (Å²) in [6.45, 7) is 10.1. The van der Waals surface area contributed by atoms with Gasteiger partial charge in [0.1, 0.15) is 37.9 Å². The zero-order valence-electron chi connectivity index (χ0n) is 19.3. The highest BCUT2D eigenvalue weighted by molar-refractivity contribution is 6.26. The summed E-state index contributed by atoms with van der Waals surface area (Å²) in [5.41, 5.74) is 1.19. The number of rotatable bonds is 10. The van der Waals surface area contributed by atoms with Gasteiger partial charge in [0.25, 0.3) is 11.8 Å². The Labute approximate surface area is 196 Å². The van der Waals surface area contributed by atoms with E-state index >= 15 is 0 Å². The summed E-state index contributed by atoms with van der Waals surface area (Å²) in [6.07, 6.45) is 0. The Kier molecular flexibility index (Phi) is 7.35. The van der Waals surface area contributed by atoms with Gasteiger partial charge in [-0.25, -0.2) is 9.59 Å². The summed E-state index contributed by atoms with van der Waals surface area (Å²) in [6, 6.07) is 6.34. The maximum Gasteiger partial charge on any atom is 0.333 e. The van der Waals surface area contributed by atoms with Gasteiger partial charge < -0.3 is 18.9 Å². The number of ether oxygens (including phenoxy) is 4. The molecule has 2 aromatic carbocycles. The van der Waals surface area contributed by atoms with E-state index in [-0.39, 0.29) is 37.6 Å². The van der Waals surface area contributed by atoms with Crippen molar-refractivity contribution in [3.05, 3.63) is 59.7 Å². The zero-order valence-corrected chi connectivity index (χ0v) is 19.3. The molecular weight excluding hydrogens is 442 g/mol. The fraction of sp³-hybridized carbons (Fsp3) is 0.280. The molecule has 1 aliphatic rings. The highest BCUT2D eigenvalue weighted by Gasteiger charge is 2.32. The van der Waals surface area contributed by atoms with Crippen molar-refractivity contribution in [2.24, 2.45) is 0 Å². The van der Waals surface area contributed by atoms with Crippen LogP contribution in [0, 0.1) is 0 Å². The lowest BCUT2D eigenvalue weighted by atomic mass is 9.93. The Bertz CT molecular complexity index is 1120. The van der Waals surface area contributed by atoms with Crippen molar-refractivity contribution in [1.29, 1.82) is 0 Å². The van der Waals surface area contributed by atoms with Gasteiger partial charge in [-0.2, -0.15) is 0 Å². The van der Waals surface area contributed by atoms with Crippen molar-refractivity contribution in [2.75, 3.05) is 33.5 Å². The molecule has 34 heavy (non-hydrogen) atoms. The summed E-state index contributed by atoms with van der Waals surface area (Å²) in [5.74, 6) is -1.29. The molecule has 0 N–H and O–H groups in total. The third kappa shape index (κ3) is 4.93. The van der Waals surface area contributed by atoms with Gasteiger partial charge in [0, 0.05) is 34.7 Å².